The summed E-state index contributed by atoms with van der Waals surface area (Å²) in [6, 6.07) is 14.1. The van der Waals surface area contributed by atoms with Crippen LogP contribution in [0.25, 0.3) is 0 Å². The van der Waals surface area contributed by atoms with Crippen molar-refractivity contribution in [2.75, 3.05) is 12.8 Å². The molecule has 112 valence electrons. The third-order valence-corrected chi connectivity index (χ3v) is 5.25. The fourth-order valence-corrected chi connectivity index (χ4v) is 3.59. The molecule has 1 nitrogen and oxygen atoms in total. The highest BCUT2D eigenvalue weighted by Gasteiger charge is 2.09. The number of likely N-dealkylation sites (N-methyl/N-ethyl adjacent to an activating group) is 1. The predicted octanol–water partition coefficient (Wildman–Crippen LogP) is 5.57. The van der Waals surface area contributed by atoms with Crippen LogP contribution in [0.15, 0.2) is 47.4 Å². The van der Waals surface area contributed by atoms with Gasteiger partial charge in [0.1, 0.15) is 0 Å². The Hall–Kier alpha value is -0.380. The maximum Gasteiger partial charge on any atom is 0.0595 e. The van der Waals surface area contributed by atoms with Gasteiger partial charge in [-0.3, -0.25) is 0 Å². The Labute approximate surface area is 145 Å². The molecular formula is C16H16Cl3NS. The summed E-state index contributed by atoms with van der Waals surface area (Å²) in [5.41, 5.74) is 1.18. The van der Waals surface area contributed by atoms with Crippen LogP contribution in [-0.4, -0.2) is 18.8 Å². The Balaban J connectivity index is 1.95. The van der Waals surface area contributed by atoms with E-state index in [0.29, 0.717) is 16.1 Å². The topological polar surface area (TPSA) is 12.0 Å². The summed E-state index contributed by atoms with van der Waals surface area (Å²) in [5, 5.41) is 5.30. The Morgan fingerprint density at radius 3 is 2.52 bits per heavy atom. The second-order valence-corrected chi connectivity index (χ2v) is 7.05. The molecule has 0 fully saturated rings. The van der Waals surface area contributed by atoms with Gasteiger partial charge in [-0.1, -0.05) is 46.9 Å². The normalized spacial score (nSPS) is 12.4. The van der Waals surface area contributed by atoms with Crippen LogP contribution < -0.4 is 5.32 Å². The summed E-state index contributed by atoms with van der Waals surface area (Å²) >= 11 is 19.8. The quantitative estimate of drug-likeness (QED) is 0.676. The molecule has 21 heavy (non-hydrogen) atoms. The van der Waals surface area contributed by atoms with Gasteiger partial charge in [0.15, 0.2) is 0 Å². The zero-order valence-electron chi connectivity index (χ0n) is 11.6. The minimum Gasteiger partial charge on any atom is -0.316 e. The highest BCUT2D eigenvalue weighted by atomic mass is 35.5. The van der Waals surface area contributed by atoms with Crippen molar-refractivity contribution in [2.45, 2.75) is 17.4 Å². The average molecular weight is 361 g/mol. The zero-order valence-corrected chi connectivity index (χ0v) is 14.7. The van der Waals surface area contributed by atoms with Crippen LogP contribution in [0.4, 0.5) is 0 Å². The van der Waals surface area contributed by atoms with E-state index in [9.17, 15) is 0 Å². The number of hydrogen-bond acceptors (Lipinski definition) is 2. The van der Waals surface area contributed by atoms with Crippen LogP contribution in [0.3, 0.4) is 0 Å². The van der Waals surface area contributed by atoms with E-state index in [4.69, 9.17) is 34.8 Å². The molecule has 0 amide bonds. The molecule has 5 heteroatoms. The summed E-state index contributed by atoms with van der Waals surface area (Å²) < 4.78 is 0. The lowest BCUT2D eigenvalue weighted by Crippen LogP contribution is -2.30. The summed E-state index contributed by atoms with van der Waals surface area (Å²) in [7, 11) is 1.97. The van der Waals surface area contributed by atoms with Crippen molar-refractivity contribution in [3.05, 3.63) is 63.1 Å². The molecule has 0 aromatic heterocycles. The predicted molar refractivity (Wildman–Crippen MR) is 95.2 cm³/mol. The largest absolute Gasteiger partial charge is 0.316 e. The van der Waals surface area contributed by atoms with E-state index in [-0.39, 0.29) is 0 Å². The molecule has 1 unspecified atom stereocenters. The first-order valence-electron chi connectivity index (χ1n) is 6.58. The van der Waals surface area contributed by atoms with Gasteiger partial charge >= 0.3 is 0 Å². The van der Waals surface area contributed by atoms with Gasteiger partial charge in [-0.05, 0) is 49.4 Å². The van der Waals surface area contributed by atoms with Crippen LogP contribution >= 0.6 is 46.6 Å². The van der Waals surface area contributed by atoms with Crippen LogP contribution in [0.5, 0.6) is 0 Å². The van der Waals surface area contributed by atoms with Gasteiger partial charge in [-0.15, -0.1) is 11.8 Å². The Morgan fingerprint density at radius 2 is 1.86 bits per heavy atom. The van der Waals surface area contributed by atoms with Crippen molar-refractivity contribution < 1.29 is 0 Å². The van der Waals surface area contributed by atoms with Gasteiger partial charge < -0.3 is 5.32 Å². The van der Waals surface area contributed by atoms with Gasteiger partial charge in [0.05, 0.1) is 10.0 Å². The van der Waals surface area contributed by atoms with Gasteiger partial charge in [-0.2, -0.15) is 0 Å². The summed E-state index contributed by atoms with van der Waals surface area (Å²) in [6.07, 6.45) is 0.904. The molecule has 2 rings (SSSR count). The first-order valence-corrected chi connectivity index (χ1v) is 8.70. The molecule has 0 aliphatic heterocycles. The van der Waals surface area contributed by atoms with Gasteiger partial charge in [0.25, 0.3) is 0 Å². The highest BCUT2D eigenvalue weighted by molar-refractivity contribution is 7.99. The second-order valence-electron chi connectivity index (χ2n) is 4.71. The third-order valence-electron chi connectivity index (χ3n) is 3.12. The molecule has 0 bridgehead atoms. The lowest BCUT2D eigenvalue weighted by molar-refractivity contribution is 0.617. The Kier molecular flexibility index (Phi) is 6.72. The average Bonchev–Trinajstić information content (AvgIpc) is 2.47. The fraction of sp³-hybridized carbons (Fsp3) is 0.250. The molecule has 0 heterocycles. The van der Waals surface area contributed by atoms with E-state index in [1.165, 1.54) is 10.5 Å². The summed E-state index contributed by atoms with van der Waals surface area (Å²) in [5.74, 6) is 0.955. The van der Waals surface area contributed by atoms with E-state index >= 15 is 0 Å². The second kappa shape index (κ2) is 8.30. The lowest BCUT2D eigenvalue weighted by Gasteiger charge is -2.16. The van der Waals surface area contributed by atoms with E-state index in [2.05, 4.69) is 11.4 Å². The molecule has 0 saturated heterocycles. The number of hydrogen-bond donors (Lipinski definition) is 1. The Bertz CT molecular complexity index is 604. The van der Waals surface area contributed by atoms with Gasteiger partial charge in [0, 0.05) is 21.7 Å². The molecular weight excluding hydrogens is 345 g/mol. The zero-order chi connectivity index (χ0) is 15.2. The number of thioether (sulfide) groups is 1. The van der Waals surface area contributed by atoms with E-state index < -0.39 is 0 Å². The van der Waals surface area contributed by atoms with Crippen molar-refractivity contribution in [2.24, 2.45) is 0 Å². The molecule has 0 aliphatic rings. The lowest BCUT2D eigenvalue weighted by atomic mass is 10.1. The molecule has 0 saturated carbocycles. The number of benzene rings is 2. The maximum absolute atomic E-state index is 6.06. The summed E-state index contributed by atoms with van der Waals surface area (Å²) in [6.45, 7) is 0. The van der Waals surface area contributed by atoms with Crippen molar-refractivity contribution in [1.29, 1.82) is 0 Å². The van der Waals surface area contributed by atoms with Gasteiger partial charge in [-0.25, -0.2) is 0 Å². The monoisotopic (exact) mass is 359 g/mol. The number of nitrogens with one attached hydrogen (secondary N) is 1. The maximum atomic E-state index is 6.06. The SMILES string of the molecule is CNC(CSc1cccc(Cl)c1)Cc1ccc(Cl)c(Cl)c1. The summed E-state index contributed by atoms with van der Waals surface area (Å²) in [4.78, 5) is 1.18. The molecule has 0 spiro atoms. The molecule has 0 radical (unpaired) electrons. The van der Waals surface area contributed by atoms with E-state index in [1.54, 1.807) is 11.8 Å². The fourth-order valence-electron chi connectivity index (χ4n) is 1.95. The van der Waals surface area contributed by atoms with Gasteiger partial charge in [0.2, 0.25) is 0 Å². The van der Waals surface area contributed by atoms with Crippen molar-refractivity contribution in [1.82, 2.24) is 5.32 Å². The van der Waals surface area contributed by atoms with Crippen LogP contribution in [0.1, 0.15) is 5.56 Å². The molecule has 2 aromatic carbocycles. The third kappa shape index (κ3) is 5.39. The molecule has 1 atom stereocenters. The first kappa shape index (κ1) is 17.0. The minimum atomic E-state index is 0.353. The van der Waals surface area contributed by atoms with E-state index in [0.717, 1.165) is 17.2 Å². The number of halogens is 3. The minimum absolute atomic E-state index is 0.353. The molecule has 2 aromatic rings. The van der Waals surface area contributed by atoms with E-state index in [1.807, 2.05) is 43.4 Å². The Morgan fingerprint density at radius 1 is 1.05 bits per heavy atom. The first-order chi connectivity index (χ1) is 10.1. The highest BCUT2D eigenvalue weighted by Crippen LogP contribution is 2.25. The van der Waals surface area contributed by atoms with Crippen LogP contribution in [-0.2, 0) is 6.42 Å². The van der Waals surface area contributed by atoms with Crippen molar-refractivity contribution >= 4 is 46.6 Å². The molecule has 1 N–H and O–H groups in total. The van der Waals surface area contributed by atoms with Crippen molar-refractivity contribution in [3.63, 3.8) is 0 Å². The standard InChI is InChI=1S/C16H16Cl3NS/c1-20-13(7-11-5-6-15(18)16(19)8-11)10-21-14-4-2-3-12(17)9-14/h2-6,8-9,13,20H,7,10H2,1H3. The smallest absolute Gasteiger partial charge is 0.0595 e. The van der Waals surface area contributed by atoms with Crippen LogP contribution in [0.2, 0.25) is 15.1 Å². The molecule has 0 aliphatic carbocycles. The van der Waals surface area contributed by atoms with Crippen molar-refractivity contribution in [3.8, 4) is 0 Å². The number of rotatable bonds is 6. The van der Waals surface area contributed by atoms with Crippen LogP contribution in [0, 0.1) is 0 Å².